The summed E-state index contributed by atoms with van der Waals surface area (Å²) in [6.07, 6.45) is 2.00. The third kappa shape index (κ3) is 6.21. The lowest BCUT2D eigenvalue weighted by Crippen LogP contribution is -2.46. The van der Waals surface area contributed by atoms with Crippen molar-refractivity contribution in [3.8, 4) is 6.07 Å². The van der Waals surface area contributed by atoms with Gasteiger partial charge in [-0.25, -0.2) is 9.59 Å². The van der Waals surface area contributed by atoms with Crippen LogP contribution in [0.15, 0.2) is 24.3 Å². The van der Waals surface area contributed by atoms with E-state index in [1.54, 1.807) is 43.1 Å². The van der Waals surface area contributed by atoms with E-state index in [2.05, 4.69) is 12.2 Å². The van der Waals surface area contributed by atoms with Crippen molar-refractivity contribution in [1.29, 1.82) is 5.26 Å². The molecule has 0 bridgehead atoms. The molecule has 0 aliphatic carbocycles. The van der Waals surface area contributed by atoms with Crippen LogP contribution in [0.2, 0.25) is 0 Å². The molecule has 162 valence electrons. The van der Waals surface area contributed by atoms with Crippen molar-refractivity contribution >= 4 is 23.6 Å². The second-order valence-corrected chi connectivity index (χ2v) is 7.51. The number of nitrogens with zero attached hydrogens (tertiary/aromatic N) is 3. The van der Waals surface area contributed by atoms with Gasteiger partial charge in [-0.05, 0) is 43.4 Å². The van der Waals surface area contributed by atoms with Crippen LogP contribution < -0.4 is 5.32 Å². The lowest BCUT2D eigenvalue weighted by atomic mass is 9.81. The highest BCUT2D eigenvalue weighted by Crippen LogP contribution is 2.30. The molecule has 30 heavy (non-hydrogen) atoms. The summed E-state index contributed by atoms with van der Waals surface area (Å²) in [4.78, 5) is 40.1. The predicted molar refractivity (Wildman–Crippen MR) is 113 cm³/mol. The third-order valence-corrected chi connectivity index (χ3v) is 5.50. The normalized spacial score (nSPS) is 18.3. The number of hydrogen-bond acceptors (Lipinski definition) is 5. The van der Waals surface area contributed by atoms with E-state index in [0.29, 0.717) is 30.8 Å². The molecule has 2 atom stereocenters. The van der Waals surface area contributed by atoms with Crippen LogP contribution in [0.3, 0.4) is 0 Å². The van der Waals surface area contributed by atoms with Gasteiger partial charge in [-0.15, -0.1) is 0 Å². The van der Waals surface area contributed by atoms with Crippen molar-refractivity contribution in [2.24, 2.45) is 11.8 Å². The first-order valence-corrected chi connectivity index (χ1v) is 10.3. The monoisotopic (exact) mass is 414 g/mol. The van der Waals surface area contributed by atoms with Gasteiger partial charge in [0.1, 0.15) is 6.54 Å². The Morgan fingerprint density at radius 1 is 1.30 bits per heavy atom. The zero-order valence-corrected chi connectivity index (χ0v) is 17.9. The zero-order valence-electron chi connectivity index (χ0n) is 17.9. The average Bonchev–Trinajstić information content (AvgIpc) is 2.74. The summed E-state index contributed by atoms with van der Waals surface area (Å²) in [6, 6.07) is 8.44. The second-order valence-electron chi connectivity index (χ2n) is 7.51. The molecular weight excluding hydrogens is 384 g/mol. The van der Waals surface area contributed by atoms with E-state index < -0.39 is 5.97 Å². The summed E-state index contributed by atoms with van der Waals surface area (Å²) in [5.74, 6) is -0.0465. The van der Waals surface area contributed by atoms with Crippen LogP contribution in [0.25, 0.3) is 0 Å². The maximum atomic E-state index is 12.7. The number of hydrogen-bond donors (Lipinski definition) is 1. The molecule has 1 aliphatic heterocycles. The topological polar surface area (TPSA) is 103 Å². The van der Waals surface area contributed by atoms with Gasteiger partial charge in [0.15, 0.2) is 0 Å². The molecule has 1 aromatic carbocycles. The number of ether oxygens (including phenoxy) is 1. The Morgan fingerprint density at radius 3 is 2.73 bits per heavy atom. The van der Waals surface area contributed by atoms with Gasteiger partial charge in [0.05, 0.1) is 18.2 Å². The largest absolute Gasteiger partial charge is 0.462 e. The van der Waals surface area contributed by atoms with Gasteiger partial charge in [0.2, 0.25) is 5.91 Å². The highest BCUT2D eigenvalue weighted by molar-refractivity contribution is 5.94. The van der Waals surface area contributed by atoms with Crippen molar-refractivity contribution < 1.29 is 19.1 Å². The summed E-state index contributed by atoms with van der Waals surface area (Å²) < 4.78 is 5.00. The van der Waals surface area contributed by atoms with Crippen LogP contribution in [-0.2, 0) is 9.53 Å². The second kappa shape index (κ2) is 11.2. The molecule has 1 saturated heterocycles. The van der Waals surface area contributed by atoms with E-state index in [9.17, 15) is 14.4 Å². The van der Waals surface area contributed by atoms with Crippen LogP contribution in [0.4, 0.5) is 10.5 Å². The third-order valence-electron chi connectivity index (χ3n) is 5.50. The molecule has 1 fully saturated rings. The number of carbonyl (C=O) groups excluding carboxylic acids is 3. The van der Waals surface area contributed by atoms with Crippen LogP contribution >= 0.6 is 0 Å². The minimum Gasteiger partial charge on any atom is -0.462 e. The zero-order chi connectivity index (χ0) is 22.1. The van der Waals surface area contributed by atoms with Crippen LogP contribution in [0.5, 0.6) is 0 Å². The molecule has 3 amide bonds. The van der Waals surface area contributed by atoms with E-state index in [4.69, 9.17) is 10.00 Å². The molecule has 2 rings (SSSR count). The van der Waals surface area contributed by atoms with Gasteiger partial charge >= 0.3 is 12.0 Å². The first-order valence-electron chi connectivity index (χ1n) is 10.3. The van der Waals surface area contributed by atoms with Gasteiger partial charge in [0, 0.05) is 32.2 Å². The fraction of sp³-hybridized carbons (Fsp3) is 0.545. The minimum absolute atomic E-state index is 0.0336. The molecule has 1 aromatic rings. The highest BCUT2D eigenvalue weighted by Gasteiger charge is 2.32. The number of carbonyl (C=O) groups is 3. The van der Waals surface area contributed by atoms with E-state index in [1.165, 1.54) is 4.90 Å². The molecule has 2 unspecified atom stereocenters. The fourth-order valence-corrected chi connectivity index (χ4v) is 3.71. The number of urea groups is 1. The number of rotatable bonds is 7. The van der Waals surface area contributed by atoms with Crippen LogP contribution in [0, 0.1) is 23.2 Å². The van der Waals surface area contributed by atoms with Crippen molar-refractivity contribution in [3.05, 3.63) is 29.8 Å². The Kier molecular flexibility index (Phi) is 8.66. The van der Waals surface area contributed by atoms with Crippen molar-refractivity contribution in [2.75, 3.05) is 38.6 Å². The Bertz CT molecular complexity index is 805. The van der Waals surface area contributed by atoms with Gasteiger partial charge in [-0.2, -0.15) is 5.26 Å². The SMILES string of the molecule is CCOC(=O)c1cccc(NC(=O)N2CCC(CC(=O)N(C)CC#N)C(CC)C2)c1. The molecule has 1 heterocycles. The smallest absolute Gasteiger partial charge is 0.338 e. The molecule has 0 spiro atoms. The van der Waals surface area contributed by atoms with Gasteiger partial charge in [-0.3, -0.25) is 4.79 Å². The Hall–Kier alpha value is -3.08. The lowest BCUT2D eigenvalue weighted by molar-refractivity contribution is -0.131. The van der Waals surface area contributed by atoms with Crippen molar-refractivity contribution in [1.82, 2.24) is 9.80 Å². The minimum atomic E-state index is -0.425. The van der Waals surface area contributed by atoms with Crippen molar-refractivity contribution in [3.63, 3.8) is 0 Å². The lowest BCUT2D eigenvalue weighted by Gasteiger charge is -2.38. The maximum absolute atomic E-state index is 12.7. The number of likely N-dealkylation sites (tertiary alicyclic amines) is 1. The number of esters is 1. The summed E-state index contributed by atoms with van der Waals surface area (Å²) in [5.41, 5.74) is 0.925. The van der Waals surface area contributed by atoms with Gasteiger partial charge in [0.25, 0.3) is 0 Å². The standard InChI is InChI=1S/C22H30N4O4/c1-4-16-15-26(11-9-17(16)14-20(27)25(3)12-10-23)22(29)24-19-8-6-7-18(13-19)21(28)30-5-2/h6-8,13,16-17H,4-5,9,11-12,14-15H2,1-3H3,(H,24,29). The molecule has 0 saturated carbocycles. The first-order chi connectivity index (χ1) is 14.4. The summed E-state index contributed by atoms with van der Waals surface area (Å²) in [5, 5.41) is 11.6. The quantitative estimate of drug-likeness (QED) is 0.545. The Balaban J connectivity index is 1.96. The summed E-state index contributed by atoms with van der Waals surface area (Å²) in [6.45, 7) is 5.30. The van der Waals surface area contributed by atoms with E-state index in [0.717, 1.165) is 12.8 Å². The maximum Gasteiger partial charge on any atom is 0.338 e. The number of benzene rings is 1. The Morgan fingerprint density at radius 2 is 2.07 bits per heavy atom. The predicted octanol–water partition coefficient (Wildman–Crippen LogP) is 3.12. The molecule has 0 aromatic heterocycles. The van der Waals surface area contributed by atoms with E-state index in [1.807, 2.05) is 6.07 Å². The number of piperidine rings is 1. The summed E-state index contributed by atoms with van der Waals surface area (Å²) >= 11 is 0. The average molecular weight is 415 g/mol. The number of nitrogens with one attached hydrogen (secondary N) is 1. The first kappa shape index (κ1) is 23.2. The molecular formula is C22H30N4O4. The van der Waals surface area contributed by atoms with Crippen LogP contribution in [0.1, 0.15) is 43.5 Å². The number of amides is 3. The van der Waals surface area contributed by atoms with Gasteiger partial charge < -0.3 is 19.9 Å². The molecule has 0 radical (unpaired) electrons. The van der Waals surface area contributed by atoms with Gasteiger partial charge in [-0.1, -0.05) is 19.4 Å². The Labute approximate surface area is 177 Å². The summed E-state index contributed by atoms with van der Waals surface area (Å²) in [7, 11) is 1.64. The molecule has 1 N–H and O–H groups in total. The van der Waals surface area contributed by atoms with E-state index >= 15 is 0 Å². The highest BCUT2D eigenvalue weighted by atomic mass is 16.5. The van der Waals surface area contributed by atoms with Crippen LogP contribution in [-0.4, -0.2) is 61.0 Å². The fourth-order valence-electron chi connectivity index (χ4n) is 3.71. The molecule has 8 nitrogen and oxygen atoms in total. The van der Waals surface area contributed by atoms with E-state index in [-0.39, 0.29) is 36.9 Å². The number of anilines is 1. The molecule has 8 heteroatoms. The molecule has 1 aliphatic rings. The van der Waals surface area contributed by atoms with Crippen molar-refractivity contribution in [2.45, 2.75) is 33.1 Å². The number of nitriles is 1.